The van der Waals surface area contributed by atoms with Gasteiger partial charge in [-0.3, -0.25) is 4.79 Å². The van der Waals surface area contributed by atoms with Crippen molar-refractivity contribution in [2.75, 3.05) is 6.54 Å². The van der Waals surface area contributed by atoms with Gasteiger partial charge in [0.05, 0.1) is 0 Å². The van der Waals surface area contributed by atoms with Gasteiger partial charge in [0, 0.05) is 28.4 Å². The Balaban J connectivity index is 0.00000176. The molecule has 22 heavy (non-hydrogen) atoms. The Bertz CT molecular complexity index is 533. The third-order valence-corrected chi connectivity index (χ3v) is 5.47. The Kier molecular flexibility index (Phi) is 5.92. The minimum atomic E-state index is 0. The first-order valence-corrected chi connectivity index (χ1v) is 8.68. The van der Waals surface area contributed by atoms with E-state index in [1.54, 1.807) is 0 Å². The molecule has 2 unspecified atom stereocenters. The molecule has 0 saturated heterocycles. The second-order valence-corrected chi connectivity index (χ2v) is 7.55. The van der Waals surface area contributed by atoms with Crippen LogP contribution in [0.25, 0.3) is 0 Å². The maximum absolute atomic E-state index is 12.3. The summed E-state index contributed by atoms with van der Waals surface area (Å²) in [6.07, 6.45) is 6.29. The van der Waals surface area contributed by atoms with E-state index in [9.17, 15) is 4.79 Å². The fraction of sp³-hybridized carbons (Fsp3) is 0.588. The van der Waals surface area contributed by atoms with Crippen LogP contribution in [0.5, 0.6) is 0 Å². The lowest BCUT2D eigenvalue weighted by atomic mass is 9.85. The molecule has 0 aliphatic heterocycles. The molecule has 2 fully saturated rings. The lowest BCUT2D eigenvalue weighted by Crippen LogP contribution is -2.40. The highest BCUT2D eigenvalue weighted by atomic mass is 79.9. The van der Waals surface area contributed by atoms with Gasteiger partial charge in [-0.2, -0.15) is 0 Å². The summed E-state index contributed by atoms with van der Waals surface area (Å²) in [6, 6.07) is 8.66. The van der Waals surface area contributed by atoms with Crippen LogP contribution in [0.15, 0.2) is 28.7 Å². The Morgan fingerprint density at radius 3 is 2.77 bits per heavy atom. The molecule has 0 heterocycles. The largest absolute Gasteiger partial charge is 0.355 e. The van der Waals surface area contributed by atoms with E-state index in [0.29, 0.717) is 0 Å². The molecule has 5 heteroatoms. The summed E-state index contributed by atoms with van der Waals surface area (Å²) >= 11 is 3.53. The molecule has 3 nitrogen and oxygen atoms in total. The maximum atomic E-state index is 12.3. The zero-order valence-electron chi connectivity index (χ0n) is 12.7. The van der Waals surface area contributed by atoms with Gasteiger partial charge in [-0.1, -0.05) is 34.5 Å². The predicted octanol–water partition coefficient (Wildman–Crippen LogP) is 3.54. The Hall–Kier alpha value is -0.580. The van der Waals surface area contributed by atoms with Gasteiger partial charge in [0.25, 0.3) is 0 Å². The van der Waals surface area contributed by atoms with Crippen molar-refractivity contribution in [2.24, 2.45) is 11.7 Å². The van der Waals surface area contributed by atoms with Gasteiger partial charge in [-0.05, 0) is 49.8 Å². The van der Waals surface area contributed by atoms with E-state index in [1.807, 2.05) is 6.07 Å². The fourth-order valence-corrected chi connectivity index (χ4v) is 3.80. The Labute approximate surface area is 147 Å². The lowest BCUT2D eigenvalue weighted by Gasteiger charge is -2.26. The van der Waals surface area contributed by atoms with E-state index >= 15 is 0 Å². The summed E-state index contributed by atoms with van der Waals surface area (Å²) in [6.45, 7) is 0.758. The first-order chi connectivity index (χ1) is 10.1. The molecule has 1 aromatic rings. The standard InChI is InChI=1S/C17H23BrN2O.ClH/c18-14-5-2-4-13(10-14)17(7-8-17)11-20-16(21)12-3-1-6-15(19)9-12;/h2,4-5,10,12,15H,1,3,6-9,11,19H2,(H,20,21);1H. The van der Waals surface area contributed by atoms with Crippen LogP contribution in [0.2, 0.25) is 0 Å². The van der Waals surface area contributed by atoms with Crippen molar-refractivity contribution in [3.05, 3.63) is 34.3 Å². The van der Waals surface area contributed by atoms with Crippen LogP contribution in [0, 0.1) is 5.92 Å². The van der Waals surface area contributed by atoms with Gasteiger partial charge in [-0.25, -0.2) is 0 Å². The molecule has 2 atom stereocenters. The van der Waals surface area contributed by atoms with Crippen molar-refractivity contribution in [3.63, 3.8) is 0 Å². The first kappa shape index (κ1) is 17.8. The third kappa shape index (κ3) is 4.03. The van der Waals surface area contributed by atoms with E-state index in [-0.39, 0.29) is 35.7 Å². The van der Waals surface area contributed by atoms with E-state index < -0.39 is 0 Å². The van der Waals surface area contributed by atoms with Gasteiger partial charge >= 0.3 is 0 Å². The highest BCUT2D eigenvalue weighted by Gasteiger charge is 2.44. The summed E-state index contributed by atoms with van der Waals surface area (Å²) in [5, 5.41) is 3.18. The molecule has 2 aliphatic rings. The van der Waals surface area contributed by atoms with Gasteiger partial charge in [0.15, 0.2) is 0 Å². The number of nitrogens with one attached hydrogen (secondary N) is 1. The minimum Gasteiger partial charge on any atom is -0.355 e. The number of rotatable bonds is 4. The van der Waals surface area contributed by atoms with E-state index in [2.05, 4.69) is 39.4 Å². The molecule has 3 N–H and O–H groups in total. The predicted molar refractivity (Wildman–Crippen MR) is 95.2 cm³/mol. The molecule has 0 aromatic heterocycles. The van der Waals surface area contributed by atoms with Crippen molar-refractivity contribution in [2.45, 2.75) is 50.0 Å². The minimum absolute atomic E-state index is 0. The normalized spacial score (nSPS) is 25.9. The van der Waals surface area contributed by atoms with Crippen LogP contribution in [0.3, 0.4) is 0 Å². The average Bonchev–Trinajstić information content (AvgIpc) is 3.26. The van der Waals surface area contributed by atoms with Crippen molar-refractivity contribution < 1.29 is 4.79 Å². The number of amides is 1. The monoisotopic (exact) mass is 386 g/mol. The van der Waals surface area contributed by atoms with Crippen LogP contribution in [-0.2, 0) is 10.2 Å². The average molecular weight is 388 g/mol. The zero-order chi connectivity index (χ0) is 14.9. The number of carbonyl (C=O) groups is 1. The Morgan fingerprint density at radius 2 is 2.14 bits per heavy atom. The molecule has 2 aliphatic carbocycles. The van der Waals surface area contributed by atoms with Crippen molar-refractivity contribution >= 4 is 34.2 Å². The number of carbonyl (C=O) groups excluding carboxylic acids is 1. The second kappa shape index (κ2) is 7.33. The summed E-state index contributed by atoms with van der Waals surface area (Å²) in [7, 11) is 0. The van der Waals surface area contributed by atoms with Crippen molar-refractivity contribution in [1.82, 2.24) is 5.32 Å². The summed E-state index contributed by atoms with van der Waals surface area (Å²) < 4.78 is 1.11. The molecular weight excluding hydrogens is 364 g/mol. The fourth-order valence-electron chi connectivity index (χ4n) is 3.40. The van der Waals surface area contributed by atoms with Crippen LogP contribution in [0.4, 0.5) is 0 Å². The summed E-state index contributed by atoms with van der Waals surface area (Å²) in [5.74, 6) is 0.318. The maximum Gasteiger partial charge on any atom is 0.223 e. The summed E-state index contributed by atoms with van der Waals surface area (Å²) in [4.78, 5) is 12.3. The number of hydrogen-bond donors (Lipinski definition) is 2. The SMILES string of the molecule is Cl.NC1CCCC(C(=O)NCC2(c3cccc(Br)c3)CC2)C1. The molecule has 1 amide bonds. The highest BCUT2D eigenvalue weighted by molar-refractivity contribution is 9.10. The van der Waals surface area contributed by atoms with Crippen LogP contribution in [0.1, 0.15) is 44.1 Å². The lowest BCUT2D eigenvalue weighted by molar-refractivity contribution is -0.126. The van der Waals surface area contributed by atoms with Crippen LogP contribution >= 0.6 is 28.3 Å². The molecule has 0 spiro atoms. The molecule has 0 radical (unpaired) electrons. The summed E-state index contributed by atoms with van der Waals surface area (Å²) in [5.41, 5.74) is 7.47. The zero-order valence-corrected chi connectivity index (χ0v) is 15.1. The number of nitrogens with two attached hydrogens (primary N) is 1. The molecule has 1 aromatic carbocycles. The number of halogens is 2. The topological polar surface area (TPSA) is 55.1 Å². The Morgan fingerprint density at radius 1 is 1.36 bits per heavy atom. The molecule has 122 valence electrons. The molecular formula is C17H24BrClN2O. The number of benzene rings is 1. The first-order valence-electron chi connectivity index (χ1n) is 7.88. The smallest absolute Gasteiger partial charge is 0.223 e. The molecule has 2 saturated carbocycles. The van der Waals surface area contributed by atoms with E-state index in [1.165, 1.54) is 5.56 Å². The van der Waals surface area contributed by atoms with Crippen LogP contribution < -0.4 is 11.1 Å². The van der Waals surface area contributed by atoms with E-state index in [4.69, 9.17) is 5.73 Å². The van der Waals surface area contributed by atoms with Crippen LogP contribution in [-0.4, -0.2) is 18.5 Å². The second-order valence-electron chi connectivity index (χ2n) is 6.63. The van der Waals surface area contributed by atoms with Crippen molar-refractivity contribution in [3.8, 4) is 0 Å². The van der Waals surface area contributed by atoms with Gasteiger partial charge < -0.3 is 11.1 Å². The number of hydrogen-bond acceptors (Lipinski definition) is 2. The van der Waals surface area contributed by atoms with Gasteiger partial charge in [0.1, 0.15) is 0 Å². The molecule has 3 rings (SSSR count). The van der Waals surface area contributed by atoms with Gasteiger partial charge in [-0.15, -0.1) is 12.4 Å². The molecule has 0 bridgehead atoms. The van der Waals surface area contributed by atoms with Crippen molar-refractivity contribution in [1.29, 1.82) is 0 Å². The quantitative estimate of drug-likeness (QED) is 0.830. The van der Waals surface area contributed by atoms with Gasteiger partial charge in [0.2, 0.25) is 5.91 Å². The highest BCUT2D eigenvalue weighted by Crippen LogP contribution is 2.48. The van der Waals surface area contributed by atoms with E-state index in [0.717, 1.165) is 49.5 Å². The third-order valence-electron chi connectivity index (χ3n) is 4.98.